The molecule has 3 aromatic carbocycles. The Bertz CT molecular complexity index is 2090. The molecule has 2 heterocycles. The van der Waals surface area contributed by atoms with Gasteiger partial charge in [0.15, 0.2) is 23.0 Å². The number of hydrazone groups is 1. The van der Waals surface area contributed by atoms with Crippen LogP contribution >= 0.6 is 15.4 Å². The number of hydrogen-bond donors (Lipinski definition) is 4. The van der Waals surface area contributed by atoms with E-state index >= 15 is 0 Å². The number of esters is 1. The molecule has 0 aromatic heterocycles. The zero-order valence-corrected chi connectivity index (χ0v) is 34.3. The van der Waals surface area contributed by atoms with Gasteiger partial charge in [0.2, 0.25) is 12.5 Å². The van der Waals surface area contributed by atoms with Crippen LogP contribution in [0.15, 0.2) is 53.6 Å². The Kier molecular flexibility index (Phi) is 13.2. The van der Waals surface area contributed by atoms with Crippen LogP contribution in [-0.2, 0) is 23.4 Å². The maximum Gasteiger partial charge on any atom is 0.551 e. The van der Waals surface area contributed by atoms with E-state index in [0.29, 0.717) is 76.3 Å². The minimum Gasteiger partial charge on any atom is -0.494 e. The Balaban J connectivity index is 1.11. The topological polar surface area (TPSA) is 230 Å². The molecule has 0 spiro atoms. The molecule has 20 heteroatoms. The smallest absolute Gasteiger partial charge is 0.494 e. The lowest BCUT2D eigenvalue weighted by Gasteiger charge is -2.38. The molecule has 312 valence electrons. The normalized spacial score (nSPS) is 21.6. The van der Waals surface area contributed by atoms with Crippen molar-refractivity contribution in [3.63, 3.8) is 0 Å². The first kappa shape index (κ1) is 42.6. The predicted octanol–water partition coefficient (Wildman–Crippen LogP) is 4.55. The van der Waals surface area contributed by atoms with Crippen LogP contribution in [-0.4, -0.2) is 111 Å². The van der Waals surface area contributed by atoms with Crippen molar-refractivity contribution in [2.75, 3.05) is 68.1 Å². The summed E-state index contributed by atoms with van der Waals surface area (Å²) in [7, 11) is -1.29. The number of rotatable bonds is 17. The van der Waals surface area contributed by atoms with Crippen molar-refractivity contribution >= 4 is 33.7 Å². The van der Waals surface area contributed by atoms with Crippen molar-refractivity contribution in [2.24, 2.45) is 16.9 Å². The number of nitrogens with zero attached hydrogens (tertiary/aromatic N) is 2. The number of fused-ring (bicyclic) bond motifs is 3. The van der Waals surface area contributed by atoms with Crippen molar-refractivity contribution in [1.82, 2.24) is 10.3 Å². The molecule has 7 atom stereocenters. The number of nitrogens with one attached hydrogen (secondary N) is 1. The third-order valence-corrected chi connectivity index (χ3v) is 14.4. The van der Waals surface area contributed by atoms with Gasteiger partial charge >= 0.3 is 25.2 Å². The Hall–Kier alpha value is -4.96. The van der Waals surface area contributed by atoms with E-state index in [-0.39, 0.29) is 26.4 Å². The second-order valence-electron chi connectivity index (χ2n) is 14.0. The van der Waals surface area contributed by atoms with Gasteiger partial charge in [-0.1, -0.05) is 12.1 Å². The van der Waals surface area contributed by atoms with E-state index in [1.165, 1.54) is 27.5 Å². The molecule has 3 aliphatic rings. The van der Waals surface area contributed by atoms with Gasteiger partial charge in [-0.25, -0.2) is 10.2 Å². The molecule has 1 amide bonds. The van der Waals surface area contributed by atoms with Gasteiger partial charge in [-0.3, -0.25) is 9.36 Å². The monoisotopic (exact) mass is 846 g/mol. The molecule has 6 rings (SSSR count). The summed E-state index contributed by atoms with van der Waals surface area (Å²) in [4.78, 5) is 47.7. The first-order chi connectivity index (χ1) is 27.7. The summed E-state index contributed by atoms with van der Waals surface area (Å²) in [6.07, 6.45) is -0.172. The van der Waals surface area contributed by atoms with Gasteiger partial charge in [0.1, 0.15) is 11.9 Å². The fraction of sp³-hybridized carbons (Fsp3) is 0.447. The number of aliphatic hydroxyl groups is 1. The molecule has 1 saturated heterocycles. The van der Waals surface area contributed by atoms with Gasteiger partial charge in [0, 0.05) is 43.6 Å². The highest BCUT2D eigenvalue weighted by molar-refractivity contribution is 7.70. The zero-order chi connectivity index (χ0) is 41.8. The fourth-order valence-corrected chi connectivity index (χ4v) is 9.44. The Labute approximate surface area is 335 Å². The van der Waals surface area contributed by atoms with E-state index in [1.54, 1.807) is 60.5 Å². The number of amides is 1. The second kappa shape index (κ2) is 17.9. The van der Waals surface area contributed by atoms with Gasteiger partial charge in [-0.05, 0) is 71.1 Å². The van der Waals surface area contributed by atoms with Gasteiger partial charge in [0.25, 0.3) is 7.37 Å². The molecule has 0 saturated carbocycles. The molecule has 2 aliphatic heterocycles. The fourth-order valence-electron chi connectivity index (χ4n) is 7.37. The first-order valence-electron chi connectivity index (χ1n) is 18.2. The van der Waals surface area contributed by atoms with Crippen LogP contribution in [0.1, 0.15) is 47.1 Å². The highest BCUT2D eigenvalue weighted by atomic mass is 31.2. The summed E-state index contributed by atoms with van der Waals surface area (Å²) >= 11 is 0. The van der Waals surface area contributed by atoms with E-state index in [2.05, 4.69) is 10.5 Å². The molecule has 0 radical (unpaired) electrons. The maximum absolute atomic E-state index is 13.5. The number of carbonyl (C=O) groups excluding carboxylic acids is 2. The zero-order valence-electron chi connectivity index (χ0n) is 32.5. The van der Waals surface area contributed by atoms with Crippen LogP contribution in [0.2, 0.25) is 0 Å². The molecular weight excluding hydrogens is 800 g/mol. The maximum atomic E-state index is 13.5. The number of ether oxygens (including phenoxy) is 8. The number of carbonyl (C=O) groups is 2. The largest absolute Gasteiger partial charge is 0.551 e. The van der Waals surface area contributed by atoms with Crippen molar-refractivity contribution in [3.8, 4) is 34.5 Å². The van der Waals surface area contributed by atoms with Crippen molar-refractivity contribution < 1.29 is 71.5 Å². The van der Waals surface area contributed by atoms with E-state index in [9.17, 15) is 33.6 Å². The lowest BCUT2D eigenvalue weighted by Crippen LogP contribution is -2.37. The average Bonchev–Trinajstić information content (AvgIpc) is 3.82. The third kappa shape index (κ3) is 8.87. The highest BCUT2D eigenvalue weighted by Crippen LogP contribution is 2.62. The molecule has 1 aliphatic carbocycles. The van der Waals surface area contributed by atoms with Crippen molar-refractivity contribution in [2.45, 2.75) is 29.9 Å². The van der Waals surface area contributed by atoms with Crippen molar-refractivity contribution in [3.05, 3.63) is 70.8 Å². The van der Waals surface area contributed by atoms with Crippen LogP contribution in [0.4, 0.5) is 4.79 Å². The minimum absolute atomic E-state index is 0.00389. The number of benzene rings is 3. The molecule has 58 heavy (non-hydrogen) atoms. The summed E-state index contributed by atoms with van der Waals surface area (Å²) in [5.74, 6) is 0.349. The lowest BCUT2D eigenvalue weighted by atomic mass is 9.66. The number of cyclic esters (lactones) is 1. The standard InChI is InChI=1S/C38H45N3O15P2/c1-41(12-10-38(44,57(45)46)58(5,47)48)11-7-13-52-24-9-6-8-22(14-24)19-39-40-37(43)56-34-26-18-29-28(54-21-55-29)17-25(26)32(33-27(34)20-53-36(33)42)23-15-30(49-2)35(51-4)31(16-23)50-3/h6,8-9,14-19,27,32-34,44H,7,10-13,20-21H2,1-5H3,(H2-,40,43,45,46,47,48)/p+1/b39-19+/t27-,32+,33-,34-,38?/m0/s1. The van der Waals surface area contributed by atoms with Crippen LogP contribution in [0.3, 0.4) is 0 Å². The van der Waals surface area contributed by atoms with Crippen LogP contribution < -0.4 is 33.8 Å². The highest BCUT2D eigenvalue weighted by Gasteiger charge is 2.60. The predicted molar refractivity (Wildman–Crippen MR) is 208 cm³/mol. The van der Waals surface area contributed by atoms with Crippen LogP contribution in [0.25, 0.3) is 0 Å². The van der Waals surface area contributed by atoms with Gasteiger partial charge < -0.3 is 52.8 Å². The van der Waals surface area contributed by atoms with Crippen molar-refractivity contribution in [1.29, 1.82) is 0 Å². The average molecular weight is 847 g/mol. The van der Waals surface area contributed by atoms with Crippen LogP contribution in [0.5, 0.6) is 34.5 Å². The van der Waals surface area contributed by atoms with Crippen LogP contribution in [0, 0.1) is 11.8 Å². The first-order valence-corrected chi connectivity index (χ1v) is 21.5. The molecule has 1 fully saturated rings. The van der Waals surface area contributed by atoms with Gasteiger partial charge in [-0.2, -0.15) is 9.99 Å². The Morgan fingerprint density at radius 3 is 2.38 bits per heavy atom. The SMILES string of the molecule is COc1cc([C@@H]2c3cc4c(cc3[C@H](OC(=O)N/N=C/c3cccc(OCCCN(C)CCC(O)([P+](=O)O)P(C)(=O)O)c3)[C@H]3COC(=O)[C@H]23)OCO4)cc(OC)c1OC. The summed E-state index contributed by atoms with van der Waals surface area (Å²) in [5.41, 5.74) is 4.99. The summed E-state index contributed by atoms with van der Waals surface area (Å²) in [6, 6.07) is 14.1. The molecule has 3 unspecified atom stereocenters. The number of hydrogen-bond acceptors (Lipinski definition) is 15. The number of methoxy groups -OCH3 is 3. The van der Waals surface area contributed by atoms with Gasteiger partial charge in [0.05, 0.1) is 46.7 Å². The molecular formula is C38H46N3O15P2+. The lowest BCUT2D eigenvalue weighted by molar-refractivity contribution is -0.141. The molecule has 0 bridgehead atoms. The van der Waals surface area contributed by atoms with E-state index in [1.807, 2.05) is 0 Å². The Morgan fingerprint density at radius 2 is 1.74 bits per heavy atom. The molecule has 18 nitrogen and oxygen atoms in total. The minimum atomic E-state index is -4.24. The summed E-state index contributed by atoms with van der Waals surface area (Å²) in [5, 5.41) is 11.8. The summed E-state index contributed by atoms with van der Waals surface area (Å²) < 4.78 is 69.2. The Morgan fingerprint density at radius 1 is 1.05 bits per heavy atom. The van der Waals surface area contributed by atoms with E-state index in [4.69, 9.17) is 37.9 Å². The molecule has 3 aromatic rings. The molecule has 4 N–H and O–H groups in total. The van der Waals surface area contributed by atoms with E-state index in [0.717, 1.165) is 6.66 Å². The third-order valence-electron chi connectivity index (χ3n) is 10.4. The summed E-state index contributed by atoms with van der Waals surface area (Å²) in [6.45, 7) is 1.76. The second-order valence-corrected chi connectivity index (χ2v) is 18.2. The van der Waals surface area contributed by atoms with Gasteiger partial charge in [-0.15, -0.1) is 0 Å². The quantitative estimate of drug-likeness (QED) is 0.0480. The van der Waals surface area contributed by atoms with E-state index < -0.39 is 56.4 Å².